The zero-order valence-electron chi connectivity index (χ0n) is 15.5. The summed E-state index contributed by atoms with van der Waals surface area (Å²) in [5, 5.41) is 4.76. The van der Waals surface area contributed by atoms with Crippen LogP contribution in [-0.4, -0.2) is 37.3 Å². The van der Waals surface area contributed by atoms with E-state index in [0.717, 1.165) is 18.8 Å². The van der Waals surface area contributed by atoms with E-state index in [2.05, 4.69) is 49.3 Å². The van der Waals surface area contributed by atoms with Gasteiger partial charge in [-0.2, -0.15) is 4.98 Å². The van der Waals surface area contributed by atoms with E-state index in [4.69, 9.17) is 4.52 Å². The van der Waals surface area contributed by atoms with E-state index in [9.17, 15) is 4.79 Å². The molecule has 8 nitrogen and oxygen atoms in total. The number of benzene rings is 1. The van der Waals surface area contributed by atoms with Gasteiger partial charge in [-0.15, -0.1) is 0 Å². The Hall–Kier alpha value is -3.55. The van der Waals surface area contributed by atoms with Gasteiger partial charge in [0.05, 0.1) is 23.4 Å². The van der Waals surface area contributed by atoms with Gasteiger partial charge < -0.3 is 9.42 Å². The molecule has 144 valence electrons. The molecule has 1 aliphatic carbocycles. The topological polar surface area (TPSA) is 89.9 Å². The third-order valence-electron chi connectivity index (χ3n) is 6.10. The third-order valence-corrected chi connectivity index (χ3v) is 6.10. The van der Waals surface area contributed by atoms with Crippen LogP contribution in [0.25, 0.3) is 10.9 Å². The summed E-state index contributed by atoms with van der Waals surface area (Å²) in [6.07, 6.45) is 5.83. The SMILES string of the molecule is O=c1c2ccncc2ncn1Cc1nc([C@H]2C3C[C@@H]2CN3c2ccccc2)no1. The van der Waals surface area contributed by atoms with Gasteiger partial charge in [0.2, 0.25) is 5.89 Å². The molecule has 5 heterocycles. The first-order valence-electron chi connectivity index (χ1n) is 9.71. The van der Waals surface area contributed by atoms with Crippen LogP contribution in [0.1, 0.15) is 24.1 Å². The fourth-order valence-electron chi connectivity index (χ4n) is 4.65. The Balaban J connectivity index is 1.24. The summed E-state index contributed by atoms with van der Waals surface area (Å²) in [6, 6.07) is 12.5. The predicted octanol–water partition coefficient (Wildman–Crippen LogP) is 2.22. The van der Waals surface area contributed by atoms with Crippen LogP contribution in [0.15, 0.2) is 64.4 Å². The number of hydrogen-bond donors (Lipinski definition) is 0. The molecule has 8 heteroatoms. The smallest absolute Gasteiger partial charge is 0.261 e. The molecular formula is C21H18N6O2. The summed E-state index contributed by atoms with van der Waals surface area (Å²) in [4.78, 5) is 28.0. The normalized spacial score (nSPS) is 22.8. The van der Waals surface area contributed by atoms with Crippen molar-refractivity contribution in [1.29, 1.82) is 0 Å². The van der Waals surface area contributed by atoms with Gasteiger partial charge in [-0.05, 0) is 30.5 Å². The highest BCUT2D eigenvalue weighted by atomic mass is 16.5. The number of hydrogen-bond acceptors (Lipinski definition) is 7. The fraction of sp³-hybridized carbons (Fsp3) is 0.286. The van der Waals surface area contributed by atoms with Crippen LogP contribution >= 0.6 is 0 Å². The van der Waals surface area contributed by atoms with Gasteiger partial charge in [0.25, 0.3) is 5.56 Å². The number of para-hydroxylation sites is 1. The quantitative estimate of drug-likeness (QED) is 0.531. The summed E-state index contributed by atoms with van der Waals surface area (Å²) < 4.78 is 6.97. The Labute approximate surface area is 165 Å². The highest BCUT2D eigenvalue weighted by molar-refractivity contribution is 5.75. The molecule has 2 bridgehead atoms. The van der Waals surface area contributed by atoms with Crippen molar-refractivity contribution in [2.24, 2.45) is 5.92 Å². The second-order valence-corrected chi connectivity index (χ2v) is 7.69. The maximum Gasteiger partial charge on any atom is 0.261 e. The van der Waals surface area contributed by atoms with Crippen molar-refractivity contribution < 1.29 is 4.52 Å². The van der Waals surface area contributed by atoms with Gasteiger partial charge in [0.15, 0.2) is 5.82 Å². The minimum Gasteiger partial charge on any atom is -0.367 e. The molecule has 2 aliphatic heterocycles. The van der Waals surface area contributed by atoms with Crippen molar-refractivity contribution in [3.05, 3.63) is 77.2 Å². The largest absolute Gasteiger partial charge is 0.367 e. The van der Waals surface area contributed by atoms with E-state index in [-0.39, 0.29) is 18.0 Å². The monoisotopic (exact) mass is 386 g/mol. The van der Waals surface area contributed by atoms with Gasteiger partial charge in [0, 0.05) is 30.4 Å². The second kappa shape index (κ2) is 6.23. The molecule has 3 aliphatic rings. The molecule has 29 heavy (non-hydrogen) atoms. The van der Waals surface area contributed by atoms with Crippen LogP contribution in [0, 0.1) is 5.92 Å². The van der Waals surface area contributed by atoms with Crippen LogP contribution in [0.4, 0.5) is 5.69 Å². The van der Waals surface area contributed by atoms with E-state index in [1.54, 1.807) is 18.5 Å². The summed E-state index contributed by atoms with van der Waals surface area (Å²) in [5.41, 5.74) is 1.68. The summed E-state index contributed by atoms with van der Waals surface area (Å²) in [6.45, 7) is 1.23. The first kappa shape index (κ1) is 16.4. The average molecular weight is 386 g/mol. The van der Waals surface area contributed by atoms with Gasteiger partial charge in [-0.3, -0.25) is 14.3 Å². The standard InChI is InChI=1S/C21H18N6O2/c28-21-15-6-7-22-9-16(15)23-12-26(21)11-18-24-20(25-29-18)19-13-8-17(19)27(10-13)14-4-2-1-3-5-14/h1-7,9,12-13,17,19H,8,10-11H2/t13-,17?,19-/m1/s1. The molecule has 3 aromatic heterocycles. The highest BCUT2D eigenvalue weighted by Crippen LogP contribution is 2.52. The van der Waals surface area contributed by atoms with Crippen molar-refractivity contribution in [3.8, 4) is 0 Å². The first-order chi connectivity index (χ1) is 14.3. The van der Waals surface area contributed by atoms with Gasteiger partial charge in [-0.1, -0.05) is 23.4 Å². The average Bonchev–Trinajstić information content (AvgIpc) is 3.47. The lowest BCUT2D eigenvalue weighted by Crippen LogP contribution is -2.37. The Bertz CT molecular complexity index is 1250. The van der Waals surface area contributed by atoms with Crippen molar-refractivity contribution in [2.75, 3.05) is 11.4 Å². The summed E-state index contributed by atoms with van der Waals surface area (Å²) in [5.74, 6) is 1.99. The van der Waals surface area contributed by atoms with E-state index < -0.39 is 0 Å². The van der Waals surface area contributed by atoms with Crippen molar-refractivity contribution in [1.82, 2.24) is 24.7 Å². The zero-order chi connectivity index (χ0) is 19.4. The molecule has 4 aromatic rings. The number of nitrogens with zero attached hydrogens (tertiary/aromatic N) is 6. The lowest BCUT2D eigenvalue weighted by molar-refractivity contribution is 0.284. The molecule has 0 spiro atoms. The fourth-order valence-corrected chi connectivity index (χ4v) is 4.65. The third kappa shape index (κ3) is 2.55. The Morgan fingerprint density at radius 2 is 2.07 bits per heavy atom. The Morgan fingerprint density at radius 1 is 1.17 bits per heavy atom. The van der Waals surface area contributed by atoms with Crippen LogP contribution in [0.3, 0.4) is 0 Å². The second-order valence-electron chi connectivity index (χ2n) is 7.69. The lowest BCUT2D eigenvalue weighted by atomic mass is 9.73. The van der Waals surface area contributed by atoms with Crippen LogP contribution < -0.4 is 10.5 Å². The number of pyridine rings is 1. The number of anilines is 1. The van der Waals surface area contributed by atoms with Gasteiger partial charge in [-0.25, -0.2) is 4.98 Å². The minimum absolute atomic E-state index is 0.142. The molecule has 0 radical (unpaired) electrons. The molecule has 2 saturated heterocycles. The maximum absolute atomic E-state index is 12.7. The van der Waals surface area contributed by atoms with E-state index in [1.165, 1.54) is 16.6 Å². The van der Waals surface area contributed by atoms with Crippen molar-refractivity contribution >= 4 is 16.6 Å². The van der Waals surface area contributed by atoms with Gasteiger partial charge in [0.1, 0.15) is 6.54 Å². The Morgan fingerprint density at radius 3 is 2.97 bits per heavy atom. The van der Waals surface area contributed by atoms with Crippen molar-refractivity contribution in [3.63, 3.8) is 0 Å². The van der Waals surface area contributed by atoms with Crippen molar-refractivity contribution in [2.45, 2.75) is 24.9 Å². The maximum atomic E-state index is 12.7. The van der Waals surface area contributed by atoms with Crippen LogP contribution in [0.2, 0.25) is 0 Å². The lowest BCUT2D eigenvalue weighted by Gasteiger charge is -2.34. The molecule has 0 amide bonds. The minimum atomic E-state index is -0.142. The molecule has 0 N–H and O–H groups in total. The van der Waals surface area contributed by atoms with E-state index in [0.29, 0.717) is 28.8 Å². The summed E-state index contributed by atoms with van der Waals surface area (Å²) in [7, 11) is 0. The summed E-state index contributed by atoms with van der Waals surface area (Å²) >= 11 is 0. The molecule has 3 atom stereocenters. The van der Waals surface area contributed by atoms with Gasteiger partial charge >= 0.3 is 0 Å². The number of rotatable bonds is 4. The number of aromatic nitrogens is 5. The molecule has 1 aromatic carbocycles. The van der Waals surface area contributed by atoms with E-state index in [1.807, 2.05) is 6.07 Å². The molecule has 1 saturated carbocycles. The van der Waals surface area contributed by atoms with E-state index >= 15 is 0 Å². The van der Waals surface area contributed by atoms with Crippen LogP contribution in [-0.2, 0) is 6.54 Å². The molecule has 7 rings (SSSR count). The zero-order valence-corrected chi connectivity index (χ0v) is 15.5. The molecule has 3 fully saturated rings. The molecule has 1 unspecified atom stereocenters. The van der Waals surface area contributed by atoms with Crippen LogP contribution in [0.5, 0.6) is 0 Å². The number of fused-ring (bicyclic) bond motifs is 2. The first-order valence-corrected chi connectivity index (χ1v) is 9.71. The Kier molecular flexibility index (Phi) is 3.53. The predicted molar refractivity (Wildman–Crippen MR) is 106 cm³/mol. The highest BCUT2D eigenvalue weighted by Gasteiger charge is 2.54. The molecular weight excluding hydrogens is 368 g/mol.